The summed E-state index contributed by atoms with van der Waals surface area (Å²) < 4.78 is 5.10. The van der Waals surface area contributed by atoms with Gasteiger partial charge in [0.2, 0.25) is 0 Å². The quantitative estimate of drug-likeness (QED) is 0.829. The number of carboxylic acids is 1. The van der Waals surface area contributed by atoms with Crippen molar-refractivity contribution in [1.82, 2.24) is 0 Å². The predicted molar refractivity (Wildman–Crippen MR) is 58.3 cm³/mol. The minimum Gasteiger partial charge on any atom is -0.482 e. The van der Waals surface area contributed by atoms with Crippen LogP contribution >= 0.6 is 0 Å². The second-order valence-corrected chi connectivity index (χ2v) is 4.46. The molecular weight excluding hydrogens is 192 g/mol. The molecule has 0 amide bonds. The van der Waals surface area contributed by atoms with E-state index in [1.165, 1.54) is 0 Å². The number of rotatable bonds is 3. The van der Waals surface area contributed by atoms with E-state index >= 15 is 0 Å². The van der Waals surface area contributed by atoms with Crippen LogP contribution < -0.4 is 4.74 Å². The zero-order valence-corrected chi connectivity index (χ0v) is 9.28. The second kappa shape index (κ2) is 4.34. The average molecular weight is 208 g/mol. The summed E-state index contributed by atoms with van der Waals surface area (Å²) in [6, 6.07) is 7.52. The lowest BCUT2D eigenvalue weighted by molar-refractivity contribution is -0.139. The Morgan fingerprint density at radius 2 is 2.07 bits per heavy atom. The lowest BCUT2D eigenvalue weighted by Gasteiger charge is -2.19. The fourth-order valence-corrected chi connectivity index (χ4v) is 1.20. The Bertz CT molecular complexity index is 350. The maximum atomic E-state index is 10.3. The van der Waals surface area contributed by atoms with Crippen LogP contribution in [0.2, 0.25) is 0 Å². The van der Waals surface area contributed by atoms with Gasteiger partial charge in [-0.2, -0.15) is 0 Å². The first kappa shape index (κ1) is 11.6. The van der Waals surface area contributed by atoms with Crippen molar-refractivity contribution in [2.24, 2.45) is 0 Å². The van der Waals surface area contributed by atoms with E-state index in [1.54, 1.807) is 6.07 Å². The van der Waals surface area contributed by atoms with E-state index in [0.717, 1.165) is 5.56 Å². The lowest BCUT2D eigenvalue weighted by Crippen LogP contribution is -2.12. The topological polar surface area (TPSA) is 46.5 Å². The minimum absolute atomic E-state index is 0.0442. The summed E-state index contributed by atoms with van der Waals surface area (Å²) in [5.41, 5.74) is 1.17. The lowest BCUT2D eigenvalue weighted by atomic mass is 9.87. The standard InChI is InChI=1S/C12H16O3/c1-12(2,3)9-5-4-6-10(7-9)15-8-11(13)14/h4-7H,8H2,1-3H3,(H,13,14). The van der Waals surface area contributed by atoms with Gasteiger partial charge in [-0.3, -0.25) is 0 Å². The zero-order chi connectivity index (χ0) is 11.5. The van der Waals surface area contributed by atoms with Gasteiger partial charge in [-0.15, -0.1) is 0 Å². The number of carbonyl (C=O) groups is 1. The van der Waals surface area contributed by atoms with Crippen LogP contribution in [-0.2, 0) is 10.2 Å². The van der Waals surface area contributed by atoms with Crippen molar-refractivity contribution >= 4 is 5.97 Å². The average Bonchev–Trinajstić information content (AvgIpc) is 2.14. The van der Waals surface area contributed by atoms with E-state index in [4.69, 9.17) is 9.84 Å². The van der Waals surface area contributed by atoms with Crippen LogP contribution in [0.1, 0.15) is 26.3 Å². The summed E-state index contributed by atoms with van der Waals surface area (Å²) in [6.45, 7) is 6.00. The third-order valence-corrected chi connectivity index (χ3v) is 2.06. The number of ether oxygens (including phenoxy) is 1. The fourth-order valence-electron chi connectivity index (χ4n) is 1.20. The van der Waals surface area contributed by atoms with Crippen LogP contribution in [0.15, 0.2) is 24.3 Å². The Balaban J connectivity index is 2.79. The first-order valence-corrected chi connectivity index (χ1v) is 4.85. The minimum atomic E-state index is -0.962. The fraction of sp³-hybridized carbons (Fsp3) is 0.417. The SMILES string of the molecule is CC(C)(C)c1cccc(OCC(=O)O)c1. The Morgan fingerprint density at radius 3 is 2.60 bits per heavy atom. The Morgan fingerprint density at radius 1 is 1.40 bits per heavy atom. The third kappa shape index (κ3) is 3.62. The maximum absolute atomic E-state index is 10.3. The molecule has 0 bridgehead atoms. The maximum Gasteiger partial charge on any atom is 0.341 e. The largest absolute Gasteiger partial charge is 0.482 e. The van der Waals surface area contributed by atoms with Crippen molar-refractivity contribution in [3.8, 4) is 5.75 Å². The van der Waals surface area contributed by atoms with E-state index in [9.17, 15) is 4.79 Å². The molecule has 0 aliphatic heterocycles. The Kier molecular flexibility index (Phi) is 3.35. The molecule has 3 heteroatoms. The van der Waals surface area contributed by atoms with Gasteiger partial charge in [0.05, 0.1) is 0 Å². The van der Waals surface area contributed by atoms with Crippen LogP contribution in [0.3, 0.4) is 0 Å². The molecule has 0 aliphatic carbocycles. The molecule has 1 N–H and O–H groups in total. The van der Waals surface area contributed by atoms with Gasteiger partial charge in [-0.1, -0.05) is 32.9 Å². The highest BCUT2D eigenvalue weighted by atomic mass is 16.5. The number of hydrogen-bond acceptors (Lipinski definition) is 2. The van der Waals surface area contributed by atoms with Gasteiger partial charge in [-0.25, -0.2) is 4.79 Å². The Labute approximate surface area is 89.7 Å². The molecule has 1 aromatic rings. The molecule has 0 heterocycles. The van der Waals surface area contributed by atoms with Gasteiger partial charge in [0.1, 0.15) is 5.75 Å². The van der Waals surface area contributed by atoms with E-state index < -0.39 is 5.97 Å². The molecule has 1 aromatic carbocycles. The van der Waals surface area contributed by atoms with Crippen LogP contribution in [0, 0.1) is 0 Å². The number of carboxylic acid groups (broad SMARTS) is 1. The molecule has 3 nitrogen and oxygen atoms in total. The number of benzene rings is 1. The zero-order valence-electron chi connectivity index (χ0n) is 9.28. The van der Waals surface area contributed by atoms with E-state index in [-0.39, 0.29) is 12.0 Å². The van der Waals surface area contributed by atoms with Gasteiger partial charge >= 0.3 is 5.97 Å². The first-order valence-electron chi connectivity index (χ1n) is 4.85. The van der Waals surface area contributed by atoms with Crippen LogP contribution in [0.5, 0.6) is 5.75 Å². The molecule has 0 aromatic heterocycles. The van der Waals surface area contributed by atoms with Crippen molar-refractivity contribution < 1.29 is 14.6 Å². The van der Waals surface area contributed by atoms with E-state index in [1.807, 2.05) is 18.2 Å². The summed E-state index contributed by atoms with van der Waals surface area (Å²) in [7, 11) is 0. The van der Waals surface area contributed by atoms with Crippen molar-refractivity contribution in [1.29, 1.82) is 0 Å². The molecule has 0 fully saturated rings. The molecule has 0 saturated carbocycles. The number of hydrogen-bond donors (Lipinski definition) is 1. The molecule has 0 aliphatic rings. The highest BCUT2D eigenvalue weighted by Gasteiger charge is 2.13. The van der Waals surface area contributed by atoms with Crippen molar-refractivity contribution in [3.05, 3.63) is 29.8 Å². The molecule has 0 atom stereocenters. The normalized spacial score (nSPS) is 11.1. The van der Waals surface area contributed by atoms with E-state index in [0.29, 0.717) is 5.75 Å². The van der Waals surface area contributed by atoms with Gasteiger partial charge in [0.15, 0.2) is 6.61 Å². The molecule has 1 rings (SSSR count). The van der Waals surface area contributed by atoms with Crippen molar-refractivity contribution in [2.75, 3.05) is 6.61 Å². The molecule has 0 radical (unpaired) electrons. The van der Waals surface area contributed by atoms with Crippen LogP contribution in [-0.4, -0.2) is 17.7 Å². The highest BCUT2D eigenvalue weighted by Crippen LogP contribution is 2.25. The van der Waals surface area contributed by atoms with Gasteiger partial charge in [0, 0.05) is 0 Å². The summed E-state index contributed by atoms with van der Waals surface area (Å²) in [4.78, 5) is 10.3. The second-order valence-electron chi connectivity index (χ2n) is 4.46. The van der Waals surface area contributed by atoms with Crippen molar-refractivity contribution in [2.45, 2.75) is 26.2 Å². The molecule has 82 valence electrons. The van der Waals surface area contributed by atoms with Gasteiger partial charge in [0.25, 0.3) is 0 Å². The summed E-state index contributed by atoms with van der Waals surface area (Å²) >= 11 is 0. The summed E-state index contributed by atoms with van der Waals surface area (Å²) in [5, 5.41) is 8.48. The van der Waals surface area contributed by atoms with Crippen molar-refractivity contribution in [3.63, 3.8) is 0 Å². The predicted octanol–water partition coefficient (Wildman–Crippen LogP) is 2.45. The van der Waals surface area contributed by atoms with Gasteiger partial charge < -0.3 is 9.84 Å². The van der Waals surface area contributed by atoms with Crippen LogP contribution in [0.25, 0.3) is 0 Å². The molecule has 0 unspecified atom stereocenters. The first-order chi connectivity index (χ1) is 6.89. The summed E-state index contributed by atoms with van der Waals surface area (Å²) in [6.07, 6.45) is 0. The molecule has 15 heavy (non-hydrogen) atoms. The summed E-state index contributed by atoms with van der Waals surface area (Å²) in [5.74, 6) is -0.360. The number of aliphatic carboxylic acids is 1. The smallest absolute Gasteiger partial charge is 0.341 e. The van der Waals surface area contributed by atoms with Gasteiger partial charge in [-0.05, 0) is 23.1 Å². The third-order valence-electron chi connectivity index (χ3n) is 2.06. The molecule has 0 saturated heterocycles. The Hall–Kier alpha value is -1.51. The van der Waals surface area contributed by atoms with Crippen LogP contribution in [0.4, 0.5) is 0 Å². The monoisotopic (exact) mass is 208 g/mol. The van der Waals surface area contributed by atoms with E-state index in [2.05, 4.69) is 20.8 Å². The highest BCUT2D eigenvalue weighted by molar-refractivity contribution is 5.68. The molecule has 0 spiro atoms. The molecular formula is C12H16O3.